The van der Waals surface area contributed by atoms with Crippen LogP contribution in [-0.2, 0) is 6.42 Å². The molecule has 0 aliphatic carbocycles. The standard InChI is InChI=1S/C17H27NO2/c1-12(18-13(2)17(3,4)5)6-7-14-8-9-15-16(10-14)20-11-19-15/h8-10,12-13,18H,6-7,11H2,1-5H3. The Labute approximate surface area is 122 Å². The summed E-state index contributed by atoms with van der Waals surface area (Å²) in [5.41, 5.74) is 1.61. The molecule has 1 aromatic carbocycles. The van der Waals surface area contributed by atoms with Crippen molar-refractivity contribution in [2.75, 3.05) is 6.79 Å². The highest BCUT2D eigenvalue weighted by atomic mass is 16.7. The van der Waals surface area contributed by atoms with Crippen LogP contribution in [0.1, 0.15) is 46.6 Å². The first-order chi connectivity index (χ1) is 9.36. The van der Waals surface area contributed by atoms with Gasteiger partial charge < -0.3 is 14.8 Å². The lowest BCUT2D eigenvalue weighted by Gasteiger charge is -2.31. The van der Waals surface area contributed by atoms with Crippen LogP contribution >= 0.6 is 0 Å². The van der Waals surface area contributed by atoms with Gasteiger partial charge in [0.15, 0.2) is 11.5 Å². The Hall–Kier alpha value is -1.22. The van der Waals surface area contributed by atoms with Crippen molar-refractivity contribution in [1.29, 1.82) is 0 Å². The average Bonchev–Trinajstić information content (AvgIpc) is 2.82. The predicted octanol–water partition coefficient (Wildman–Crippen LogP) is 3.76. The Morgan fingerprint density at radius 1 is 1.15 bits per heavy atom. The quantitative estimate of drug-likeness (QED) is 0.889. The monoisotopic (exact) mass is 277 g/mol. The number of rotatable bonds is 5. The van der Waals surface area contributed by atoms with Crippen molar-refractivity contribution >= 4 is 0 Å². The van der Waals surface area contributed by atoms with E-state index in [1.807, 2.05) is 6.07 Å². The second kappa shape index (κ2) is 6.04. The minimum absolute atomic E-state index is 0.299. The minimum atomic E-state index is 0.299. The molecule has 2 unspecified atom stereocenters. The molecule has 0 saturated carbocycles. The molecule has 3 nitrogen and oxygen atoms in total. The summed E-state index contributed by atoms with van der Waals surface area (Å²) in [6.45, 7) is 11.7. The van der Waals surface area contributed by atoms with E-state index in [1.54, 1.807) is 0 Å². The second-order valence-electron chi connectivity index (χ2n) is 6.88. The van der Waals surface area contributed by atoms with Crippen LogP contribution in [0, 0.1) is 5.41 Å². The van der Waals surface area contributed by atoms with Gasteiger partial charge in [-0.2, -0.15) is 0 Å². The molecule has 112 valence electrons. The van der Waals surface area contributed by atoms with Crippen LogP contribution in [0.5, 0.6) is 11.5 Å². The summed E-state index contributed by atoms with van der Waals surface area (Å²) in [5, 5.41) is 3.69. The van der Waals surface area contributed by atoms with E-state index in [2.05, 4.69) is 52.1 Å². The fourth-order valence-corrected chi connectivity index (χ4v) is 2.24. The average molecular weight is 277 g/mol. The van der Waals surface area contributed by atoms with E-state index in [9.17, 15) is 0 Å². The van der Waals surface area contributed by atoms with E-state index in [-0.39, 0.29) is 0 Å². The van der Waals surface area contributed by atoms with Gasteiger partial charge in [-0.25, -0.2) is 0 Å². The maximum atomic E-state index is 5.42. The Morgan fingerprint density at radius 2 is 1.85 bits per heavy atom. The van der Waals surface area contributed by atoms with Crippen LogP contribution in [0.3, 0.4) is 0 Å². The number of fused-ring (bicyclic) bond motifs is 1. The third-order valence-corrected chi connectivity index (χ3v) is 4.14. The highest BCUT2D eigenvalue weighted by Gasteiger charge is 2.21. The van der Waals surface area contributed by atoms with Gasteiger partial charge >= 0.3 is 0 Å². The Balaban J connectivity index is 1.83. The van der Waals surface area contributed by atoms with Gasteiger partial charge in [0, 0.05) is 12.1 Å². The SMILES string of the molecule is CC(CCc1ccc2c(c1)OCO2)NC(C)C(C)(C)C. The fraction of sp³-hybridized carbons (Fsp3) is 0.647. The third-order valence-electron chi connectivity index (χ3n) is 4.14. The first kappa shape index (κ1) is 15.2. The molecule has 0 saturated heterocycles. The van der Waals surface area contributed by atoms with Crippen LogP contribution < -0.4 is 14.8 Å². The smallest absolute Gasteiger partial charge is 0.231 e. The van der Waals surface area contributed by atoms with E-state index in [1.165, 1.54) is 5.56 Å². The maximum absolute atomic E-state index is 5.42. The lowest BCUT2D eigenvalue weighted by molar-refractivity contribution is 0.174. The van der Waals surface area contributed by atoms with Crippen molar-refractivity contribution in [3.05, 3.63) is 23.8 Å². The molecule has 2 atom stereocenters. The molecule has 0 amide bonds. The molecule has 0 bridgehead atoms. The molecule has 1 aliphatic heterocycles. The molecule has 1 aliphatic rings. The van der Waals surface area contributed by atoms with Gasteiger partial charge in [-0.3, -0.25) is 0 Å². The van der Waals surface area contributed by atoms with E-state index >= 15 is 0 Å². The number of aryl methyl sites for hydroxylation is 1. The summed E-state index contributed by atoms with van der Waals surface area (Å²) >= 11 is 0. The van der Waals surface area contributed by atoms with Gasteiger partial charge in [0.2, 0.25) is 6.79 Å². The van der Waals surface area contributed by atoms with Gasteiger partial charge in [0.25, 0.3) is 0 Å². The van der Waals surface area contributed by atoms with Crippen LogP contribution in [0.2, 0.25) is 0 Å². The number of nitrogens with one attached hydrogen (secondary N) is 1. The summed E-state index contributed by atoms with van der Waals surface area (Å²) < 4.78 is 10.8. The Morgan fingerprint density at radius 3 is 2.55 bits per heavy atom. The second-order valence-corrected chi connectivity index (χ2v) is 6.88. The van der Waals surface area contributed by atoms with Gasteiger partial charge in [0.1, 0.15) is 0 Å². The fourth-order valence-electron chi connectivity index (χ4n) is 2.24. The van der Waals surface area contributed by atoms with Crippen LogP contribution in [0.15, 0.2) is 18.2 Å². The molecule has 1 N–H and O–H groups in total. The normalized spacial score (nSPS) is 17.1. The number of ether oxygens (including phenoxy) is 2. The molecular weight excluding hydrogens is 250 g/mol. The van der Waals surface area contributed by atoms with E-state index < -0.39 is 0 Å². The van der Waals surface area contributed by atoms with Crippen LogP contribution in [0.4, 0.5) is 0 Å². The van der Waals surface area contributed by atoms with Crippen LogP contribution in [-0.4, -0.2) is 18.9 Å². The third kappa shape index (κ3) is 3.89. The first-order valence-electron chi connectivity index (χ1n) is 7.51. The lowest BCUT2D eigenvalue weighted by Crippen LogP contribution is -2.42. The maximum Gasteiger partial charge on any atom is 0.231 e. The van der Waals surface area contributed by atoms with E-state index in [4.69, 9.17) is 9.47 Å². The zero-order valence-corrected chi connectivity index (χ0v) is 13.3. The van der Waals surface area contributed by atoms with Gasteiger partial charge in [-0.05, 0) is 49.8 Å². The number of hydrogen-bond acceptors (Lipinski definition) is 3. The molecule has 20 heavy (non-hydrogen) atoms. The zero-order chi connectivity index (χ0) is 14.8. The van der Waals surface area contributed by atoms with Crippen molar-refractivity contribution in [1.82, 2.24) is 5.32 Å². The van der Waals surface area contributed by atoms with Gasteiger partial charge in [-0.1, -0.05) is 26.8 Å². The molecule has 1 heterocycles. The van der Waals surface area contributed by atoms with Gasteiger partial charge in [0.05, 0.1) is 0 Å². The Bertz CT molecular complexity index is 451. The molecule has 0 radical (unpaired) electrons. The highest BCUT2D eigenvalue weighted by molar-refractivity contribution is 5.44. The largest absolute Gasteiger partial charge is 0.454 e. The van der Waals surface area contributed by atoms with Crippen LogP contribution in [0.25, 0.3) is 0 Å². The highest BCUT2D eigenvalue weighted by Crippen LogP contribution is 2.32. The van der Waals surface area contributed by atoms with Crippen molar-refractivity contribution < 1.29 is 9.47 Å². The molecule has 0 spiro atoms. The first-order valence-corrected chi connectivity index (χ1v) is 7.51. The zero-order valence-electron chi connectivity index (χ0n) is 13.3. The lowest BCUT2D eigenvalue weighted by atomic mass is 9.87. The predicted molar refractivity (Wildman–Crippen MR) is 82.4 cm³/mol. The topological polar surface area (TPSA) is 30.5 Å². The van der Waals surface area contributed by atoms with Crippen molar-refractivity contribution in [3.8, 4) is 11.5 Å². The Kier molecular flexibility index (Phi) is 4.59. The number of benzene rings is 1. The molecule has 1 aromatic rings. The van der Waals surface area contributed by atoms with Crippen molar-refractivity contribution in [3.63, 3.8) is 0 Å². The van der Waals surface area contributed by atoms with Crippen molar-refractivity contribution in [2.45, 2.75) is 59.5 Å². The molecule has 0 aromatic heterocycles. The van der Waals surface area contributed by atoms with E-state index in [0.29, 0.717) is 24.3 Å². The molecule has 2 rings (SSSR count). The molecule has 0 fully saturated rings. The van der Waals surface area contributed by atoms with Gasteiger partial charge in [-0.15, -0.1) is 0 Å². The summed E-state index contributed by atoms with van der Waals surface area (Å²) in [7, 11) is 0. The summed E-state index contributed by atoms with van der Waals surface area (Å²) in [4.78, 5) is 0. The number of hydrogen-bond donors (Lipinski definition) is 1. The minimum Gasteiger partial charge on any atom is -0.454 e. The summed E-state index contributed by atoms with van der Waals surface area (Å²) in [6, 6.07) is 7.26. The summed E-state index contributed by atoms with van der Waals surface area (Å²) in [5.74, 6) is 1.74. The summed E-state index contributed by atoms with van der Waals surface area (Å²) in [6.07, 6.45) is 2.18. The van der Waals surface area contributed by atoms with Crippen molar-refractivity contribution in [2.24, 2.45) is 5.41 Å². The van der Waals surface area contributed by atoms with E-state index in [0.717, 1.165) is 24.3 Å². The molecular formula is C17H27NO2. The molecule has 3 heteroatoms.